The quantitative estimate of drug-likeness (QED) is 0.905. The summed E-state index contributed by atoms with van der Waals surface area (Å²) in [6, 6.07) is 5.01. The molecular formula is C12H14ClN3O2S2. The van der Waals surface area contributed by atoms with Crippen molar-refractivity contribution in [1.29, 1.82) is 0 Å². The van der Waals surface area contributed by atoms with E-state index in [2.05, 4.69) is 15.6 Å². The topological polar surface area (TPSA) is 71.1 Å². The maximum absolute atomic E-state index is 12.3. The smallest absolute Gasteiger partial charge is 0.315 e. The van der Waals surface area contributed by atoms with Crippen molar-refractivity contribution in [3.8, 4) is 0 Å². The molecule has 2 N–H and O–H groups in total. The highest BCUT2D eigenvalue weighted by molar-refractivity contribution is 7.87. The van der Waals surface area contributed by atoms with Crippen molar-refractivity contribution in [2.24, 2.45) is 0 Å². The van der Waals surface area contributed by atoms with Crippen molar-refractivity contribution >= 4 is 50.0 Å². The Kier molecular flexibility index (Phi) is 4.95. The fourth-order valence-corrected chi connectivity index (χ4v) is 4.15. The van der Waals surface area contributed by atoms with Gasteiger partial charge >= 0.3 is 6.03 Å². The molecule has 2 rings (SSSR count). The molecule has 5 nitrogen and oxygen atoms in total. The highest BCUT2D eigenvalue weighted by Crippen LogP contribution is 2.27. The summed E-state index contributed by atoms with van der Waals surface area (Å²) in [5.74, 6) is 0. The van der Waals surface area contributed by atoms with Crippen LogP contribution in [0.4, 0.5) is 4.79 Å². The molecule has 1 aromatic carbocycles. The van der Waals surface area contributed by atoms with Gasteiger partial charge in [-0.25, -0.2) is 14.0 Å². The van der Waals surface area contributed by atoms with Crippen LogP contribution < -0.4 is 10.6 Å². The number of urea groups is 1. The third kappa shape index (κ3) is 3.47. The number of amides is 2. The van der Waals surface area contributed by atoms with E-state index in [9.17, 15) is 9.00 Å². The molecule has 2 amide bonds. The Bertz CT molecular complexity index is 659. The number of thiazole rings is 1. The molecule has 1 aromatic heterocycles. The molecule has 0 bridgehead atoms. The van der Waals surface area contributed by atoms with Crippen LogP contribution in [0.2, 0.25) is 5.02 Å². The molecule has 0 fully saturated rings. The second kappa shape index (κ2) is 6.51. The zero-order valence-corrected chi connectivity index (χ0v) is 13.4. The molecule has 8 heteroatoms. The van der Waals surface area contributed by atoms with Crippen molar-refractivity contribution in [2.75, 3.05) is 6.54 Å². The molecule has 0 aliphatic carbocycles. The molecular weight excluding hydrogens is 318 g/mol. The molecule has 0 aliphatic rings. The molecule has 0 radical (unpaired) electrons. The van der Waals surface area contributed by atoms with E-state index in [0.29, 0.717) is 15.9 Å². The first-order chi connectivity index (χ1) is 9.51. The first-order valence-corrected chi connectivity index (χ1v) is 8.43. The Morgan fingerprint density at radius 2 is 2.30 bits per heavy atom. The molecule has 0 saturated heterocycles. The van der Waals surface area contributed by atoms with E-state index in [1.54, 1.807) is 19.1 Å². The van der Waals surface area contributed by atoms with E-state index < -0.39 is 16.2 Å². The number of benzene rings is 1. The number of carbonyl (C=O) groups is 1. The molecule has 2 atom stereocenters. The number of rotatable bonds is 4. The Morgan fingerprint density at radius 3 is 3.00 bits per heavy atom. The molecule has 108 valence electrons. The number of nitrogens with one attached hydrogen (secondary N) is 2. The molecule has 2 aromatic rings. The monoisotopic (exact) mass is 331 g/mol. The fraction of sp³-hybridized carbons (Fsp3) is 0.333. The van der Waals surface area contributed by atoms with Gasteiger partial charge < -0.3 is 10.6 Å². The van der Waals surface area contributed by atoms with Gasteiger partial charge in [0.25, 0.3) is 0 Å². The van der Waals surface area contributed by atoms with Gasteiger partial charge in [-0.3, -0.25) is 0 Å². The van der Waals surface area contributed by atoms with Gasteiger partial charge in [-0.05, 0) is 32.0 Å². The predicted molar refractivity (Wildman–Crippen MR) is 82.7 cm³/mol. The fourth-order valence-electron chi connectivity index (χ4n) is 1.57. The van der Waals surface area contributed by atoms with Gasteiger partial charge in [0.05, 0.1) is 10.2 Å². The van der Waals surface area contributed by atoms with Gasteiger partial charge in [-0.15, -0.1) is 11.3 Å². The summed E-state index contributed by atoms with van der Waals surface area (Å²) in [4.78, 5) is 15.7. The van der Waals surface area contributed by atoms with Crippen LogP contribution in [0.25, 0.3) is 10.2 Å². The minimum atomic E-state index is -1.40. The van der Waals surface area contributed by atoms with Crippen LogP contribution in [0.1, 0.15) is 13.8 Å². The molecule has 0 aliphatic heterocycles. The molecule has 2 unspecified atom stereocenters. The summed E-state index contributed by atoms with van der Waals surface area (Å²) < 4.78 is 13.7. The maximum atomic E-state index is 12.3. The van der Waals surface area contributed by atoms with Gasteiger partial charge in [0, 0.05) is 11.6 Å². The minimum absolute atomic E-state index is 0.336. The Hall–Kier alpha value is -1.18. The van der Waals surface area contributed by atoms with Gasteiger partial charge in [0.1, 0.15) is 16.2 Å². The number of halogens is 1. The summed E-state index contributed by atoms with van der Waals surface area (Å²) in [5, 5.41) is 5.30. The average Bonchev–Trinajstić information content (AvgIpc) is 2.80. The number of hydrogen-bond donors (Lipinski definition) is 2. The minimum Gasteiger partial charge on any atom is -0.338 e. The third-order valence-corrected chi connectivity index (χ3v) is 5.50. The van der Waals surface area contributed by atoms with Gasteiger partial charge in [0.2, 0.25) is 0 Å². The second-order valence-electron chi connectivity index (χ2n) is 4.04. The first-order valence-electron chi connectivity index (χ1n) is 6.02. The van der Waals surface area contributed by atoms with Crippen molar-refractivity contribution in [1.82, 2.24) is 15.6 Å². The normalized spacial score (nSPS) is 13.9. The van der Waals surface area contributed by atoms with Crippen LogP contribution in [0.15, 0.2) is 22.5 Å². The highest BCUT2D eigenvalue weighted by Gasteiger charge is 2.19. The van der Waals surface area contributed by atoms with Gasteiger partial charge in [-0.1, -0.05) is 11.6 Å². The van der Waals surface area contributed by atoms with Crippen LogP contribution in [-0.4, -0.2) is 27.1 Å². The largest absolute Gasteiger partial charge is 0.338 e. The number of nitrogens with zero attached hydrogens (tertiary/aromatic N) is 1. The zero-order valence-electron chi connectivity index (χ0n) is 11.0. The van der Waals surface area contributed by atoms with Crippen LogP contribution in [0, 0.1) is 0 Å². The van der Waals surface area contributed by atoms with Gasteiger partial charge in [-0.2, -0.15) is 0 Å². The number of hydrogen-bond acceptors (Lipinski definition) is 4. The Balaban J connectivity index is 2.16. The highest BCUT2D eigenvalue weighted by atomic mass is 35.5. The average molecular weight is 332 g/mol. The molecule has 0 spiro atoms. The molecule has 1 heterocycles. The zero-order chi connectivity index (χ0) is 14.7. The van der Waals surface area contributed by atoms with E-state index in [4.69, 9.17) is 11.6 Å². The van der Waals surface area contributed by atoms with Crippen LogP contribution in [0.3, 0.4) is 0 Å². The lowest BCUT2D eigenvalue weighted by molar-refractivity contribution is 0.241. The first kappa shape index (κ1) is 15.2. The summed E-state index contributed by atoms with van der Waals surface area (Å²) in [5.41, 5.74) is 0.719. The summed E-state index contributed by atoms with van der Waals surface area (Å²) in [6.07, 6.45) is 0. The second-order valence-corrected chi connectivity index (χ2v) is 7.45. The molecule has 0 saturated carbocycles. The van der Waals surface area contributed by atoms with E-state index >= 15 is 0 Å². The lowest BCUT2D eigenvalue weighted by Gasteiger charge is -2.11. The molecule has 20 heavy (non-hydrogen) atoms. The van der Waals surface area contributed by atoms with Crippen molar-refractivity contribution in [2.45, 2.75) is 23.6 Å². The van der Waals surface area contributed by atoms with Crippen LogP contribution in [-0.2, 0) is 10.8 Å². The maximum Gasteiger partial charge on any atom is 0.315 e. The number of fused-ring (bicyclic) bond motifs is 1. The van der Waals surface area contributed by atoms with E-state index in [0.717, 1.165) is 10.2 Å². The predicted octanol–water partition coefficient (Wildman–Crippen LogP) is 2.72. The van der Waals surface area contributed by atoms with Crippen molar-refractivity contribution in [3.63, 3.8) is 0 Å². The SMILES string of the molecule is CCNC(=O)NC(C)S(=O)c1nc2cc(Cl)ccc2s1. The Morgan fingerprint density at radius 1 is 1.55 bits per heavy atom. The van der Waals surface area contributed by atoms with E-state index in [1.807, 2.05) is 13.0 Å². The summed E-state index contributed by atoms with van der Waals surface area (Å²) in [7, 11) is -1.40. The lowest BCUT2D eigenvalue weighted by atomic mass is 10.3. The van der Waals surface area contributed by atoms with Gasteiger partial charge in [0.15, 0.2) is 4.34 Å². The third-order valence-electron chi connectivity index (χ3n) is 2.49. The van der Waals surface area contributed by atoms with E-state index in [-0.39, 0.29) is 6.03 Å². The Labute approximate surface area is 128 Å². The standard InChI is InChI=1S/C12H14ClN3O2S2/c1-3-14-11(17)15-7(2)20(18)12-16-9-6-8(13)4-5-10(9)19-12/h4-7H,3H2,1-2H3,(H2,14,15,17). The van der Waals surface area contributed by atoms with E-state index in [1.165, 1.54) is 11.3 Å². The lowest BCUT2D eigenvalue weighted by Crippen LogP contribution is -2.42. The van der Waals surface area contributed by atoms with Crippen LogP contribution >= 0.6 is 22.9 Å². The number of aromatic nitrogens is 1. The van der Waals surface area contributed by atoms with Crippen molar-refractivity contribution in [3.05, 3.63) is 23.2 Å². The van der Waals surface area contributed by atoms with Crippen LogP contribution in [0.5, 0.6) is 0 Å². The van der Waals surface area contributed by atoms with Crippen molar-refractivity contribution < 1.29 is 9.00 Å². The summed E-state index contributed by atoms with van der Waals surface area (Å²) in [6.45, 7) is 4.02. The number of carbonyl (C=O) groups excluding carboxylic acids is 1. The summed E-state index contributed by atoms with van der Waals surface area (Å²) >= 11 is 7.24.